The third kappa shape index (κ3) is 4.02. The third-order valence-electron chi connectivity index (χ3n) is 2.23. The largest absolute Gasteiger partial charge is 0.278 e. The Morgan fingerprint density at radius 1 is 1.17 bits per heavy atom. The molecule has 0 spiro atoms. The fourth-order valence-corrected chi connectivity index (χ4v) is 1.43. The molecule has 94 valence electrons. The molecule has 1 aromatic heterocycles. The van der Waals surface area contributed by atoms with Crippen molar-refractivity contribution < 1.29 is 0 Å². The molecular formula is C13H13Cl2N3. The van der Waals surface area contributed by atoms with Gasteiger partial charge in [-0.05, 0) is 43.3 Å². The van der Waals surface area contributed by atoms with Gasteiger partial charge in [0.2, 0.25) is 0 Å². The van der Waals surface area contributed by atoms with Gasteiger partial charge in [0.25, 0.3) is 0 Å². The number of rotatable bonds is 3. The summed E-state index contributed by atoms with van der Waals surface area (Å²) in [5.74, 6) is 0. The minimum Gasteiger partial charge on any atom is -0.278 e. The van der Waals surface area contributed by atoms with Crippen molar-refractivity contribution in [2.75, 3.05) is 5.43 Å². The normalized spacial score (nSPS) is 10.7. The van der Waals surface area contributed by atoms with E-state index in [1.165, 1.54) is 0 Å². The Hall–Kier alpha value is -1.58. The summed E-state index contributed by atoms with van der Waals surface area (Å²) in [7, 11) is 0. The van der Waals surface area contributed by atoms with E-state index in [2.05, 4.69) is 15.5 Å². The second-order valence-electron chi connectivity index (χ2n) is 3.53. The Morgan fingerprint density at radius 2 is 1.89 bits per heavy atom. The maximum atomic E-state index is 5.80. The smallest absolute Gasteiger partial charge is 0.0859 e. The molecule has 0 aliphatic heterocycles. The van der Waals surface area contributed by atoms with Gasteiger partial charge in [-0.3, -0.25) is 10.4 Å². The Labute approximate surface area is 117 Å². The zero-order valence-electron chi connectivity index (χ0n) is 9.80. The molecule has 0 radical (unpaired) electrons. The molecule has 0 saturated heterocycles. The monoisotopic (exact) mass is 281 g/mol. The predicted molar refractivity (Wildman–Crippen MR) is 78.8 cm³/mol. The summed E-state index contributed by atoms with van der Waals surface area (Å²) in [6, 6.07) is 13.1. The van der Waals surface area contributed by atoms with Crippen molar-refractivity contribution in [3.63, 3.8) is 0 Å². The van der Waals surface area contributed by atoms with Crippen LogP contribution in [0.3, 0.4) is 0 Å². The summed E-state index contributed by atoms with van der Waals surface area (Å²) in [6.45, 7) is 1.91. The Balaban J connectivity index is 0.00000162. The van der Waals surface area contributed by atoms with Crippen molar-refractivity contribution in [1.82, 2.24) is 4.98 Å². The maximum Gasteiger partial charge on any atom is 0.0859 e. The van der Waals surface area contributed by atoms with Gasteiger partial charge < -0.3 is 0 Å². The average molecular weight is 282 g/mol. The van der Waals surface area contributed by atoms with Crippen molar-refractivity contribution in [3.05, 3.63) is 59.4 Å². The van der Waals surface area contributed by atoms with E-state index in [-0.39, 0.29) is 12.4 Å². The Bertz CT molecular complexity index is 510. The molecule has 1 heterocycles. The molecule has 0 bridgehead atoms. The van der Waals surface area contributed by atoms with Crippen LogP contribution in [0, 0.1) is 0 Å². The zero-order chi connectivity index (χ0) is 12.1. The summed E-state index contributed by atoms with van der Waals surface area (Å²) in [4.78, 5) is 4.21. The first-order chi connectivity index (χ1) is 8.25. The fourth-order valence-electron chi connectivity index (χ4n) is 1.31. The molecule has 2 aromatic rings. The molecular weight excluding hydrogens is 269 g/mol. The quantitative estimate of drug-likeness (QED) is 0.682. The lowest BCUT2D eigenvalue weighted by atomic mass is 10.3. The standard InChI is InChI=1S/C13H12ClN3.ClH/c1-10(13-4-2-3-9-15-13)16-17-12-7-5-11(14)6-8-12;/h2-9,17H,1H3;1H. The van der Waals surface area contributed by atoms with Crippen molar-refractivity contribution in [2.45, 2.75) is 6.92 Å². The molecule has 3 nitrogen and oxygen atoms in total. The van der Waals surface area contributed by atoms with Gasteiger partial charge in [-0.1, -0.05) is 17.7 Å². The number of hydrogen-bond donors (Lipinski definition) is 1. The number of anilines is 1. The first kappa shape index (κ1) is 14.5. The van der Waals surface area contributed by atoms with Crippen LogP contribution in [-0.2, 0) is 0 Å². The van der Waals surface area contributed by atoms with E-state index in [0.29, 0.717) is 5.02 Å². The van der Waals surface area contributed by atoms with E-state index in [9.17, 15) is 0 Å². The maximum absolute atomic E-state index is 5.80. The number of hydrazone groups is 1. The lowest BCUT2D eigenvalue weighted by Crippen LogP contribution is -2.01. The van der Waals surface area contributed by atoms with Gasteiger partial charge in [-0.25, -0.2) is 0 Å². The van der Waals surface area contributed by atoms with E-state index >= 15 is 0 Å². The Morgan fingerprint density at radius 3 is 2.50 bits per heavy atom. The van der Waals surface area contributed by atoms with E-state index in [0.717, 1.165) is 17.1 Å². The topological polar surface area (TPSA) is 37.3 Å². The first-order valence-corrected chi connectivity index (χ1v) is 5.61. The van der Waals surface area contributed by atoms with E-state index in [4.69, 9.17) is 11.6 Å². The third-order valence-corrected chi connectivity index (χ3v) is 2.48. The molecule has 0 aliphatic carbocycles. The molecule has 0 unspecified atom stereocenters. The molecule has 5 heteroatoms. The van der Waals surface area contributed by atoms with Gasteiger partial charge in [0.15, 0.2) is 0 Å². The van der Waals surface area contributed by atoms with Crippen LogP contribution in [0.4, 0.5) is 5.69 Å². The lowest BCUT2D eigenvalue weighted by Gasteiger charge is -2.02. The number of halogens is 2. The van der Waals surface area contributed by atoms with Crippen LogP contribution in [0.5, 0.6) is 0 Å². The van der Waals surface area contributed by atoms with E-state index in [1.807, 2.05) is 49.4 Å². The number of pyridine rings is 1. The highest BCUT2D eigenvalue weighted by Crippen LogP contribution is 2.13. The van der Waals surface area contributed by atoms with Gasteiger partial charge in [0.1, 0.15) is 0 Å². The number of aromatic nitrogens is 1. The lowest BCUT2D eigenvalue weighted by molar-refractivity contribution is 1.25. The Kier molecular flexibility index (Phi) is 5.62. The highest BCUT2D eigenvalue weighted by molar-refractivity contribution is 6.30. The van der Waals surface area contributed by atoms with Crippen molar-refractivity contribution in [1.29, 1.82) is 0 Å². The second kappa shape index (κ2) is 6.99. The minimum absolute atomic E-state index is 0. The number of nitrogens with zero attached hydrogens (tertiary/aromatic N) is 2. The fraction of sp³-hybridized carbons (Fsp3) is 0.0769. The molecule has 0 atom stereocenters. The molecule has 0 fully saturated rings. The van der Waals surface area contributed by atoms with E-state index in [1.54, 1.807) is 6.20 Å². The number of nitrogens with one attached hydrogen (secondary N) is 1. The highest BCUT2D eigenvalue weighted by Gasteiger charge is 1.97. The number of hydrogen-bond acceptors (Lipinski definition) is 3. The van der Waals surface area contributed by atoms with Crippen LogP contribution in [0.1, 0.15) is 12.6 Å². The van der Waals surface area contributed by atoms with Gasteiger partial charge in [-0.15, -0.1) is 12.4 Å². The molecule has 0 saturated carbocycles. The van der Waals surface area contributed by atoms with Crippen LogP contribution < -0.4 is 5.43 Å². The predicted octanol–water partition coefficient (Wildman–Crippen LogP) is 3.99. The summed E-state index contributed by atoms with van der Waals surface area (Å²) < 4.78 is 0. The van der Waals surface area contributed by atoms with Crippen LogP contribution in [0.15, 0.2) is 53.8 Å². The van der Waals surface area contributed by atoms with Crippen LogP contribution in [0.2, 0.25) is 5.02 Å². The van der Waals surface area contributed by atoms with Crippen molar-refractivity contribution >= 4 is 35.4 Å². The average Bonchev–Trinajstić information content (AvgIpc) is 2.39. The molecule has 0 amide bonds. The minimum atomic E-state index is 0. The van der Waals surface area contributed by atoms with E-state index < -0.39 is 0 Å². The van der Waals surface area contributed by atoms with Gasteiger partial charge in [0.05, 0.1) is 17.1 Å². The molecule has 18 heavy (non-hydrogen) atoms. The van der Waals surface area contributed by atoms with Gasteiger partial charge in [-0.2, -0.15) is 5.10 Å². The summed E-state index contributed by atoms with van der Waals surface area (Å²) in [5.41, 5.74) is 5.54. The molecule has 2 rings (SSSR count). The van der Waals surface area contributed by atoms with Crippen molar-refractivity contribution in [3.8, 4) is 0 Å². The number of benzene rings is 1. The molecule has 1 aromatic carbocycles. The molecule has 1 N–H and O–H groups in total. The zero-order valence-corrected chi connectivity index (χ0v) is 11.4. The van der Waals surface area contributed by atoms with Crippen LogP contribution >= 0.6 is 24.0 Å². The van der Waals surface area contributed by atoms with Gasteiger partial charge >= 0.3 is 0 Å². The SMILES string of the molecule is CC(=NNc1ccc(Cl)cc1)c1ccccn1.Cl. The molecule has 0 aliphatic rings. The first-order valence-electron chi connectivity index (χ1n) is 5.23. The summed E-state index contributed by atoms with van der Waals surface area (Å²) in [5, 5.41) is 4.96. The van der Waals surface area contributed by atoms with Crippen LogP contribution in [0.25, 0.3) is 0 Å². The van der Waals surface area contributed by atoms with Gasteiger partial charge in [0, 0.05) is 11.2 Å². The van der Waals surface area contributed by atoms with Crippen molar-refractivity contribution in [2.24, 2.45) is 5.10 Å². The summed E-state index contributed by atoms with van der Waals surface area (Å²) in [6.07, 6.45) is 1.75. The highest BCUT2D eigenvalue weighted by atomic mass is 35.5. The summed E-state index contributed by atoms with van der Waals surface area (Å²) >= 11 is 5.80. The second-order valence-corrected chi connectivity index (χ2v) is 3.97. The van der Waals surface area contributed by atoms with Crippen LogP contribution in [-0.4, -0.2) is 10.7 Å².